The maximum atomic E-state index is 6.58. The van der Waals surface area contributed by atoms with Crippen molar-refractivity contribution in [3.05, 3.63) is 174 Å². The van der Waals surface area contributed by atoms with E-state index in [2.05, 4.69) is 175 Å². The minimum Gasteiger partial charge on any atom is -0.469 e. The Hall–Kier alpha value is -6.72. The highest BCUT2D eigenvalue weighted by molar-refractivity contribution is 6.21. The molecule has 2 aromatic heterocycles. The fraction of sp³-hybridized carbons (Fsp3) is 0.120. The lowest BCUT2D eigenvalue weighted by Gasteiger charge is -2.23. The molecule has 0 fully saturated rings. The van der Waals surface area contributed by atoms with E-state index in [4.69, 9.17) is 14.7 Å². The summed E-state index contributed by atoms with van der Waals surface area (Å²) in [5.74, 6) is 2.45. The van der Waals surface area contributed by atoms with Gasteiger partial charge in [0.2, 0.25) is 5.88 Å². The summed E-state index contributed by atoms with van der Waals surface area (Å²) in [6, 6.07) is 42.0. The van der Waals surface area contributed by atoms with Gasteiger partial charge in [-0.25, -0.2) is 4.98 Å². The number of aromatic nitrogens is 3. The van der Waals surface area contributed by atoms with Gasteiger partial charge in [0.15, 0.2) is 5.82 Å². The van der Waals surface area contributed by atoms with Gasteiger partial charge in [0.05, 0.1) is 28.2 Å². The summed E-state index contributed by atoms with van der Waals surface area (Å²) >= 11 is 0. The van der Waals surface area contributed by atoms with E-state index >= 15 is 0 Å². The van der Waals surface area contributed by atoms with Crippen LogP contribution < -0.4 is 10.1 Å². The number of allylic oxidation sites excluding steroid dienone is 4. The van der Waals surface area contributed by atoms with Crippen molar-refractivity contribution >= 4 is 54.7 Å². The lowest BCUT2D eigenvalue weighted by molar-refractivity contribution is 0.260. The first kappa shape index (κ1) is 30.7. The molecule has 4 aliphatic rings. The van der Waals surface area contributed by atoms with E-state index < -0.39 is 0 Å². The van der Waals surface area contributed by atoms with Crippen molar-refractivity contribution in [1.82, 2.24) is 19.9 Å². The molecule has 0 spiro atoms. The van der Waals surface area contributed by atoms with E-state index in [9.17, 15) is 0 Å². The third-order valence-electron chi connectivity index (χ3n) is 12.4. The topological polar surface area (TPSA) is 52.0 Å². The number of hydrogen-bond donors (Lipinski definition) is 1. The first-order chi connectivity index (χ1) is 27.0. The zero-order valence-electron chi connectivity index (χ0n) is 30.5. The van der Waals surface area contributed by atoms with Gasteiger partial charge in [0, 0.05) is 33.7 Å². The number of fused-ring (bicyclic) bond motifs is 12. The van der Waals surface area contributed by atoms with Gasteiger partial charge in [-0.2, -0.15) is 4.98 Å². The van der Waals surface area contributed by atoms with Crippen molar-refractivity contribution in [2.24, 2.45) is 0 Å². The lowest BCUT2D eigenvalue weighted by Crippen LogP contribution is -2.23. The predicted octanol–water partition coefficient (Wildman–Crippen LogP) is 11.3. The normalized spacial score (nSPS) is 18.8. The minimum atomic E-state index is -0.121. The van der Waals surface area contributed by atoms with Crippen LogP contribution in [0.1, 0.15) is 42.1 Å². The Bertz CT molecular complexity index is 3120. The summed E-state index contributed by atoms with van der Waals surface area (Å²) in [7, 11) is 0. The summed E-state index contributed by atoms with van der Waals surface area (Å²) in [4.78, 5) is 10.6. The van der Waals surface area contributed by atoms with Crippen LogP contribution in [-0.2, 0) is 5.41 Å². The molecule has 8 aromatic rings. The second kappa shape index (κ2) is 11.2. The van der Waals surface area contributed by atoms with Gasteiger partial charge in [-0.3, -0.25) is 4.57 Å². The maximum Gasteiger partial charge on any atom is 0.222 e. The van der Waals surface area contributed by atoms with Crippen LogP contribution in [-0.4, -0.2) is 27.2 Å². The van der Waals surface area contributed by atoms with Crippen LogP contribution >= 0.6 is 0 Å². The molecule has 6 aromatic carbocycles. The van der Waals surface area contributed by atoms with Gasteiger partial charge in [0.25, 0.3) is 0 Å². The molecule has 0 radical (unpaired) electrons. The highest BCUT2D eigenvalue weighted by atomic mass is 16.5. The highest BCUT2D eigenvalue weighted by Crippen LogP contribution is 2.50. The standard InChI is InChI=1S/C50H36N4O/c1-50(2)40-17-9-7-15-35(40)36-22-20-32(26-41(36)50)48-52-46(45-38-16-8-10-18-43(38)55-49(45)53-48)33-21-24-44(51-28-33)54-42-27-31-13-4-3-12-30(31)25-39(42)37-23-19-29-11-5-6-14-34(29)47(37)54/h3-27,38,43,51H,28H2,1-2H3. The molecule has 55 heavy (non-hydrogen) atoms. The highest BCUT2D eigenvalue weighted by Gasteiger charge is 2.39. The first-order valence-corrected chi connectivity index (χ1v) is 19.2. The summed E-state index contributed by atoms with van der Waals surface area (Å²) in [5.41, 5.74) is 11.6. The van der Waals surface area contributed by atoms with Crippen LogP contribution in [0, 0.1) is 0 Å². The van der Waals surface area contributed by atoms with Crippen LogP contribution in [0.4, 0.5) is 0 Å². The van der Waals surface area contributed by atoms with Crippen LogP contribution in [0.2, 0.25) is 0 Å². The van der Waals surface area contributed by atoms with Crippen molar-refractivity contribution in [2.75, 3.05) is 6.54 Å². The molecule has 262 valence electrons. The first-order valence-electron chi connectivity index (χ1n) is 19.2. The Kier molecular flexibility index (Phi) is 6.23. The smallest absolute Gasteiger partial charge is 0.222 e. The van der Waals surface area contributed by atoms with E-state index in [1.807, 2.05) is 0 Å². The Labute approximate surface area is 318 Å². The van der Waals surface area contributed by atoms with Gasteiger partial charge >= 0.3 is 0 Å². The third kappa shape index (κ3) is 4.35. The number of hydrogen-bond acceptors (Lipinski definition) is 4. The average Bonchev–Trinajstić information content (AvgIpc) is 3.85. The van der Waals surface area contributed by atoms with Crippen LogP contribution in [0.5, 0.6) is 5.88 Å². The zero-order chi connectivity index (χ0) is 36.4. The molecule has 0 saturated heterocycles. The molecular formula is C50H36N4O. The Morgan fingerprint density at radius 2 is 1.47 bits per heavy atom. The molecule has 0 bridgehead atoms. The van der Waals surface area contributed by atoms with E-state index in [-0.39, 0.29) is 17.4 Å². The number of rotatable bonds is 3. The number of nitrogens with one attached hydrogen (secondary N) is 1. The molecule has 0 saturated carbocycles. The van der Waals surface area contributed by atoms with E-state index in [1.165, 1.54) is 65.6 Å². The zero-order valence-corrected chi connectivity index (χ0v) is 30.5. The molecule has 2 unspecified atom stereocenters. The van der Waals surface area contributed by atoms with Gasteiger partial charge in [0.1, 0.15) is 11.9 Å². The third-order valence-corrected chi connectivity index (χ3v) is 12.4. The maximum absolute atomic E-state index is 6.58. The molecule has 2 aliphatic heterocycles. The number of benzene rings is 6. The van der Waals surface area contributed by atoms with Crippen molar-refractivity contribution in [3.8, 4) is 28.4 Å². The quantitative estimate of drug-likeness (QED) is 0.199. The number of dihydropyridines is 1. The monoisotopic (exact) mass is 708 g/mol. The molecule has 5 heteroatoms. The van der Waals surface area contributed by atoms with Crippen molar-refractivity contribution in [2.45, 2.75) is 31.3 Å². The largest absolute Gasteiger partial charge is 0.469 e. The van der Waals surface area contributed by atoms with Gasteiger partial charge in [-0.15, -0.1) is 0 Å². The van der Waals surface area contributed by atoms with Gasteiger partial charge in [-0.1, -0.05) is 135 Å². The molecular weight excluding hydrogens is 673 g/mol. The molecule has 2 atom stereocenters. The molecule has 12 rings (SSSR count). The summed E-state index contributed by atoms with van der Waals surface area (Å²) in [6.07, 6.45) is 12.9. The van der Waals surface area contributed by atoms with Crippen LogP contribution in [0.25, 0.3) is 77.3 Å². The summed E-state index contributed by atoms with van der Waals surface area (Å²) < 4.78 is 9.00. The van der Waals surface area contributed by atoms with Crippen molar-refractivity contribution in [3.63, 3.8) is 0 Å². The van der Waals surface area contributed by atoms with Crippen LogP contribution in [0.15, 0.2) is 152 Å². The Balaban J connectivity index is 1.03. The van der Waals surface area contributed by atoms with E-state index in [0.717, 1.165) is 28.2 Å². The average molecular weight is 709 g/mol. The SMILES string of the molecule is CC1(C)c2ccccc2-c2ccc(-c3nc4c(c(C5=CC=C(n6c7cc8ccccc8cc7c7ccc8ccccc8c76)NC5)n3)C3C=CC=CC3O4)cc21. The molecule has 5 nitrogen and oxygen atoms in total. The fourth-order valence-electron chi connectivity index (χ4n) is 9.66. The van der Waals surface area contributed by atoms with Crippen LogP contribution in [0.3, 0.4) is 0 Å². The molecule has 1 N–H and O–H groups in total. The second-order valence-electron chi connectivity index (χ2n) is 15.8. The van der Waals surface area contributed by atoms with Gasteiger partial charge < -0.3 is 10.1 Å². The number of nitrogens with zero attached hydrogens (tertiary/aromatic N) is 3. The molecule has 0 amide bonds. The summed E-state index contributed by atoms with van der Waals surface area (Å²) in [5, 5.41) is 11.3. The predicted molar refractivity (Wildman–Crippen MR) is 225 cm³/mol. The Morgan fingerprint density at radius 3 is 2.35 bits per heavy atom. The lowest BCUT2D eigenvalue weighted by atomic mass is 9.82. The van der Waals surface area contributed by atoms with Gasteiger partial charge in [-0.05, 0) is 74.3 Å². The molecule has 4 heterocycles. The number of ether oxygens (including phenoxy) is 1. The fourth-order valence-corrected chi connectivity index (χ4v) is 9.66. The van der Waals surface area contributed by atoms with Crippen molar-refractivity contribution in [1.29, 1.82) is 0 Å². The molecule has 2 aliphatic carbocycles. The summed E-state index contributed by atoms with van der Waals surface area (Å²) in [6.45, 7) is 5.24. The van der Waals surface area contributed by atoms with Crippen molar-refractivity contribution < 1.29 is 4.74 Å². The Morgan fingerprint density at radius 1 is 0.691 bits per heavy atom. The van der Waals surface area contributed by atoms with E-state index in [0.29, 0.717) is 18.2 Å². The van der Waals surface area contributed by atoms with E-state index in [1.54, 1.807) is 0 Å². The second-order valence-corrected chi connectivity index (χ2v) is 15.8. The minimum absolute atomic E-state index is 0.0563.